The molecule has 2 aromatic heterocycles. The molecule has 0 spiro atoms. The van der Waals surface area contributed by atoms with E-state index in [-0.39, 0.29) is 17.4 Å². The van der Waals surface area contributed by atoms with Gasteiger partial charge in [0.1, 0.15) is 24.4 Å². The maximum atomic E-state index is 14.2. The zero-order valence-electron chi connectivity index (χ0n) is 16.5. The third-order valence-electron chi connectivity index (χ3n) is 5.82. The Kier molecular flexibility index (Phi) is 4.58. The summed E-state index contributed by atoms with van der Waals surface area (Å²) in [6.07, 6.45) is 3.99. The van der Waals surface area contributed by atoms with E-state index in [1.165, 1.54) is 29.6 Å². The molecule has 31 heavy (non-hydrogen) atoms. The van der Waals surface area contributed by atoms with E-state index in [9.17, 15) is 14.4 Å². The highest BCUT2D eigenvalue weighted by Crippen LogP contribution is 2.37. The van der Waals surface area contributed by atoms with E-state index >= 15 is 0 Å². The van der Waals surface area contributed by atoms with Gasteiger partial charge in [-0.05, 0) is 42.5 Å². The minimum atomic E-state index is -0.875. The molecule has 0 radical (unpaired) electrons. The quantitative estimate of drug-likeness (QED) is 0.485. The number of nitrogens with zero attached hydrogens (tertiary/aromatic N) is 5. The Morgan fingerprint density at radius 2 is 2.03 bits per heavy atom. The predicted molar refractivity (Wildman–Crippen MR) is 114 cm³/mol. The molecule has 1 atom stereocenters. The van der Waals surface area contributed by atoms with Crippen LogP contribution in [-0.4, -0.2) is 24.9 Å². The van der Waals surface area contributed by atoms with Gasteiger partial charge in [0.15, 0.2) is 17.2 Å². The van der Waals surface area contributed by atoms with Crippen LogP contribution in [0.15, 0.2) is 47.9 Å². The lowest BCUT2D eigenvalue weighted by Crippen LogP contribution is -2.20. The lowest BCUT2D eigenvalue weighted by molar-refractivity contribution is 0.415. The number of aryl methyl sites for hydroxylation is 1. The van der Waals surface area contributed by atoms with Crippen LogP contribution in [0.25, 0.3) is 22.3 Å². The number of hydrogen-bond donors (Lipinski definition) is 2. The lowest BCUT2D eigenvalue weighted by Gasteiger charge is -2.25. The van der Waals surface area contributed by atoms with Crippen molar-refractivity contribution < 1.29 is 9.50 Å². The van der Waals surface area contributed by atoms with Crippen LogP contribution >= 0.6 is 0 Å². The van der Waals surface area contributed by atoms with Gasteiger partial charge in [0.25, 0.3) is 0 Å². The Bertz CT molecular complexity index is 1320. The van der Waals surface area contributed by atoms with Crippen molar-refractivity contribution in [1.82, 2.24) is 19.7 Å². The average Bonchev–Trinajstić information content (AvgIpc) is 3.17. The van der Waals surface area contributed by atoms with E-state index in [1.54, 1.807) is 0 Å². The van der Waals surface area contributed by atoms with E-state index in [0.29, 0.717) is 22.3 Å². The zero-order chi connectivity index (χ0) is 21.5. The molecule has 0 saturated carbocycles. The van der Waals surface area contributed by atoms with Crippen LogP contribution in [0.1, 0.15) is 29.2 Å². The summed E-state index contributed by atoms with van der Waals surface area (Å²) in [4.78, 5) is 19.2. The first-order chi connectivity index (χ1) is 15.1. The van der Waals surface area contributed by atoms with Gasteiger partial charge in [0, 0.05) is 11.1 Å². The van der Waals surface area contributed by atoms with Crippen LogP contribution in [0, 0.1) is 10.7 Å². The summed E-state index contributed by atoms with van der Waals surface area (Å²) in [6, 6.07) is 11.1. The topological polar surface area (TPSA) is 119 Å². The first kappa shape index (κ1) is 19.1. The number of nitroso groups, excluding NO2 is 1. The molecule has 8 nitrogen and oxygen atoms in total. The van der Waals surface area contributed by atoms with Gasteiger partial charge in [0.2, 0.25) is 0 Å². The molecule has 1 unspecified atom stereocenters. The van der Waals surface area contributed by atoms with Crippen LogP contribution < -0.4 is 5.73 Å². The zero-order valence-corrected chi connectivity index (χ0v) is 16.5. The number of phenolic OH excluding ortho intramolecular Hbond substituents is 1. The SMILES string of the molecule is Nc1ncnc2c1c(-c1cc(O)c(F)c(CN=O)c1)nn2C1CCc2ccccc2C1. The molecule has 0 aliphatic heterocycles. The van der Waals surface area contributed by atoms with Gasteiger partial charge in [-0.3, -0.25) is 0 Å². The van der Waals surface area contributed by atoms with Crippen LogP contribution in [0.3, 0.4) is 0 Å². The minimum absolute atomic E-state index is 0.0188. The Labute approximate surface area is 176 Å². The smallest absolute Gasteiger partial charge is 0.170 e. The predicted octanol–water partition coefficient (Wildman–Crippen LogP) is 3.92. The second-order valence-electron chi connectivity index (χ2n) is 7.67. The average molecular weight is 418 g/mol. The van der Waals surface area contributed by atoms with E-state index in [2.05, 4.69) is 27.3 Å². The fourth-order valence-electron chi connectivity index (χ4n) is 4.33. The molecule has 9 heteroatoms. The summed E-state index contributed by atoms with van der Waals surface area (Å²) in [5.74, 6) is -1.22. The van der Waals surface area contributed by atoms with Crippen molar-refractivity contribution in [1.29, 1.82) is 0 Å². The fourth-order valence-corrected chi connectivity index (χ4v) is 4.33. The summed E-state index contributed by atoms with van der Waals surface area (Å²) in [6.45, 7) is -0.405. The van der Waals surface area contributed by atoms with Gasteiger partial charge in [0.05, 0.1) is 11.4 Å². The first-order valence-electron chi connectivity index (χ1n) is 9.93. The number of aromatic nitrogens is 4. The van der Waals surface area contributed by atoms with E-state index in [0.717, 1.165) is 19.3 Å². The van der Waals surface area contributed by atoms with Crippen LogP contribution in [-0.2, 0) is 19.4 Å². The summed E-state index contributed by atoms with van der Waals surface area (Å²) in [7, 11) is 0. The van der Waals surface area contributed by atoms with Crippen molar-refractivity contribution in [3.63, 3.8) is 0 Å². The third-order valence-corrected chi connectivity index (χ3v) is 5.82. The molecule has 0 saturated heterocycles. The Morgan fingerprint density at radius 3 is 2.84 bits per heavy atom. The number of phenols is 1. The van der Waals surface area contributed by atoms with Crippen molar-refractivity contribution >= 4 is 16.9 Å². The van der Waals surface area contributed by atoms with E-state index < -0.39 is 18.1 Å². The highest BCUT2D eigenvalue weighted by molar-refractivity contribution is 5.98. The van der Waals surface area contributed by atoms with Crippen molar-refractivity contribution in [3.8, 4) is 17.0 Å². The number of fused-ring (bicyclic) bond motifs is 2. The molecular formula is C22H19FN6O2. The van der Waals surface area contributed by atoms with Crippen LogP contribution in [0.2, 0.25) is 0 Å². The molecule has 3 N–H and O–H groups in total. The van der Waals surface area contributed by atoms with Gasteiger partial charge in [-0.25, -0.2) is 19.0 Å². The molecule has 5 rings (SSSR count). The van der Waals surface area contributed by atoms with Crippen molar-refractivity contribution in [2.24, 2.45) is 5.18 Å². The first-order valence-corrected chi connectivity index (χ1v) is 9.93. The van der Waals surface area contributed by atoms with Gasteiger partial charge < -0.3 is 10.8 Å². The second-order valence-corrected chi connectivity index (χ2v) is 7.67. The number of hydrogen-bond acceptors (Lipinski definition) is 7. The molecule has 2 heterocycles. The van der Waals surface area contributed by atoms with E-state index in [4.69, 9.17) is 10.8 Å². The number of halogens is 1. The molecule has 0 fully saturated rings. The molecule has 2 aromatic carbocycles. The maximum Gasteiger partial charge on any atom is 0.170 e. The monoisotopic (exact) mass is 418 g/mol. The van der Waals surface area contributed by atoms with E-state index in [1.807, 2.05) is 16.8 Å². The largest absolute Gasteiger partial charge is 0.505 e. The third kappa shape index (κ3) is 3.18. The molecule has 4 aromatic rings. The maximum absolute atomic E-state index is 14.2. The van der Waals surface area contributed by atoms with Crippen LogP contribution in [0.4, 0.5) is 10.2 Å². The summed E-state index contributed by atoms with van der Waals surface area (Å²) in [5, 5.41) is 18.1. The van der Waals surface area contributed by atoms with Gasteiger partial charge >= 0.3 is 0 Å². The number of aromatic hydroxyl groups is 1. The van der Waals surface area contributed by atoms with Gasteiger partial charge in [-0.15, -0.1) is 0 Å². The molecule has 1 aliphatic rings. The van der Waals surface area contributed by atoms with Crippen molar-refractivity contribution in [3.05, 3.63) is 70.1 Å². The highest BCUT2D eigenvalue weighted by Gasteiger charge is 2.26. The summed E-state index contributed by atoms with van der Waals surface area (Å²) >= 11 is 0. The van der Waals surface area contributed by atoms with Crippen molar-refractivity contribution in [2.75, 3.05) is 5.73 Å². The summed E-state index contributed by atoms with van der Waals surface area (Å²) < 4.78 is 16.0. The van der Waals surface area contributed by atoms with Gasteiger partial charge in [-0.2, -0.15) is 10.0 Å². The molecular weight excluding hydrogens is 399 g/mol. The number of nitrogens with two attached hydrogens (primary N) is 1. The number of nitrogen functional groups attached to an aromatic ring is 1. The second kappa shape index (κ2) is 7.42. The lowest BCUT2D eigenvalue weighted by atomic mass is 9.88. The van der Waals surface area contributed by atoms with Crippen LogP contribution in [0.5, 0.6) is 5.75 Å². The number of rotatable bonds is 4. The highest BCUT2D eigenvalue weighted by atomic mass is 19.1. The molecule has 1 aliphatic carbocycles. The standard InChI is InChI=1S/C22H19FN6O2/c23-19-15(10-27-31)7-14(9-17(19)30)20-18-21(24)25-11-26-22(18)29(28-20)16-6-5-12-3-1-2-4-13(12)8-16/h1-4,7,9,11,16,30H,5-6,8,10H2,(H2,24,25,26). The Hall–Kier alpha value is -3.88. The molecule has 0 bridgehead atoms. The number of benzene rings is 2. The normalized spacial score (nSPS) is 15.7. The minimum Gasteiger partial charge on any atom is -0.505 e. The Balaban J connectivity index is 1.67. The molecule has 156 valence electrons. The number of anilines is 1. The van der Waals surface area contributed by atoms with Crippen molar-refractivity contribution in [2.45, 2.75) is 31.8 Å². The fraction of sp³-hybridized carbons (Fsp3) is 0.227. The Morgan fingerprint density at radius 1 is 1.23 bits per heavy atom. The molecule has 0 amide bonds. The summed E-state index contributed by atoms with van der Waals surface area (Å²) in [5.41, 5.74) is 10.2. The van der Waals surface area contributed by atoms with Gasteiger partial charge in [-0.1, -0.05) is 29.4 Å².